The van der Waals surface area contributed by atoms with Gasteiger partial charge in [-0.05, 0) is 17.7 Å². The minimum Gasteiger partial charge on any atom is -0.378 e. The molecule has 0 unspecified atom stereocenters. The van der Waals surface area contributed by atoms with Gasteiger partial charge >= 0.3 is 0 Å². The molecular weight excluding hydrogens is 246 g/mol. The first-order chi connectivity index (χ1) is 9.72. The number of benzene rings is 2. The Labute approximate surface area is 120 Å². The summed E-state index contributed by atoms with van der Waals surface area (Å²) in [4.78, 5) is 12.1. The van der Waals surface area contributed by atoms with E-state index in [1.165, 1.54) is 0 Å². The molecule has 0 aliphatic rings. The van der Waals surface area contributed by atoms with Gasteiger partial charge in [0.1, 0.15) is 5.78 Å². The smallest absolute Gasteiger partial charge is 0.137 e. The molecule has 0 saturated heterocycles. The lowest BCUT2D eigenvalue weighted by molar-refractivity contribution is -0.122. The molecule has 2 rings (SSSR count). The van der Waals surface area contributed by atoms with Crippen molar-refractivity contribution in [1.29, 1.82) is 0 Å². The maximum atomic E-state index is 12.1. The summed E-state index contributed by atoms with van der Waals surface area (Å²) in [6, 6.07) is 20.2. The van der Waals surface area contributed by atoms with Gasteiger partial charge in [-0.3, -0.25) is 4.79 Å². The molecule has 0 aliphatic carbocycles. The average molecular weight is 267 g/mol. The van der Waals surface area contributed by atoms with Crippen molar-refractivity contribution < 1.29 is 4.79 Å². The lowest BCUT2D eigenvalue weighted by atomic mass is 9.90. The van der Waals surface area contributed by atoms with Crippen LogP contribution in [0.5, 0.6) is 0 Å². The molecule has 0 aliphatic heterocycles. The van der Waals surface area contributed by atoms with E-state index in [0.29, 0.717) is 6.42 Å². The van der Waals surface area contributed by atoms with Crippen molar-refractivity contribution in [2.45, 2.75) is 26.3 Å². The summed E-state index contributed by atoms with van der Waals surface area (Å²) in [5.41, 5.74) is 2.18. The Hall–Kier alpha value is -2.09. The van der Waals surface area contributed by atoms with Crippen LogP contribution in [0.2, 0.25) is 0 Å². The van der Waals surface area contributed by atoms with E-state index in [1.807, 2.05) is 62.4 Å². The molecule has 2 aromatic rings. The summed E-state index contributed by atoms with van der Waals surface area (Å²) in [6.45, 7) is 3.92. The van der Waals surface area contributed by atoms with E-state index in [4.69, 9.17) is 0 Å². The first kappa shape index (κ1) is 14.3. The van der Waals surface area contributed by atoms with Gasteiger partial charge in [0.05, 0.1) is 6.04 Å². The van der Waals surface area contributed by atoms with E-state index < -0.39 is 0 Å². The van der Waals surface area contributed by atoms with E-state index >= 15 is 0 Å². The Kier molecular flexibility index (Phi) is 4.94. The molecule has 0 heterocycles. The third kappa shape index (κ3) is 3.47. The molecule has 104 valence electrons. The van der Waals surface area contributed by atoms with Crippen molar-refractivity contribution in [3.8, 4) is 0 Å². The van der Waals surface area contributed by atoms with Crippen molar-refractivity contribution >= 4 is 11.5 Å². The van der Waals surface area contributed by atoms with Gasteiger partial charge in [0.15, 0.2) is 0 Å². The number of anilines is 1. The zero-order chi connectivity index (χ0) is 14.4. The largest absolute Gasteiger partial charge is 0.378 e. The fourth-order valence-electron chi connectivity index (χ4n) is 2.38. The van der Waals surface area contributed by atoms with Crippen molar-refractivity contribution in [2.24, 2.45) is 5.92 Å². The monoisotopic (exact) mass is 267 g/mol. The highest BCUT2D eigenvalue weighted by molar-refractivity contribution is 5.81. The molecule has 0 fully saturated rings. The van der Waals surface area contributed by atoms with Gasteiger partial charge in [-0.2, -0.15) is 0 Å². The number of Topliss-reactive ketones (excluding diaryl/α,β-unsaturated/α-hetero) is 1. The van der Waals surface area contributed by atoms with Crippen LogP contribution in [-0.4, -0.2) is 5.78 Å². The number of hydrogen-bond acceptors (Lipinski definition) is 2. The standard InChI is InChI=1S/C18H21NO/c1-3-17(20)14(2)18(15-10-6-4-7-11-15)19-16-12-8-5-9-13-16/h4-14,18-19H,3H2,1-2H3/t14-,18-/m0/s1. The van der Waals surface area contributed by atoms with Crippen LogP contribution in [0, 0.1) is 5.92 Å². The highest BCUT2D eigenvalue weighted by atomic mass is 16.1. The van der Waals surface area contributed by atoms with Gasteiger partial charge in [-0.15, -0.1) is 0 Å². The maximum Gasteiger partial charge on any atom is 0.137 e. The summed E-state index contributed by atoms with van der Waals surface area (Å²) >= 11 is 0. The number of hydrogen-bond donors (Lipinski definition) is 1. The first-order valence-electron chi connectivity index (χ1n) is 7.11. The molecular formula is C18H21NO. The molecule has 0 radical (unpaired) electrons. The molecule has 20 heavy (non-hydrogen) atoms. The Morgan fingerprint density at radius 1 is 1.00 bits per heavy atom. The molecule has 2 atom stereocenters. The lowest BCUT2D eigenvalue weighted by Crippen LogP contribution is -2.25. The van der Waals surface area contributed by atoms with Crippen LogP contribution in [-0.2, 0) is 4.79 Å². The molecule has 0 amide bonds. The SMILES string of the molecule is CCC(=O)[C@H](C)[C@H](Nc1ccccc1)c1ccccc1. The maximum absolute atomic E-state index is 12.1. The molecule has 0 spiro atoms. The lowest BCUT2D eigenvalue weighted by Gasteiger charge is -2.25. The zero-order valence-electron chi connectivity index (χ0n) is 12.0. The first-order valence-corrected chi connectivity index (χ1v) is 7.11. The van der Waals surface area contributed by atoms with Gasteiger partial charge in [-0.25, -0.2) is 0 Å². The highest BCUT2D eigenvalue weighted by Crippen LogP contribution is 2.27. The van der Waals surface area contributed by atoms with E-state index in [0.717, 1.165) is 11.3 Å². The van der Waals surface area contributed by atoms with Crippen molar-refractivity contribution in [3.63, 3.8) is 0 Å². The average Bonchev–Trinajstić information content (AvgIpc) is 2.53. The third-order valence-electron chi connectivity index (χ3n) is 3.61. The number of ketones is 1. The predicted molar refractivity (Wildman–Crippen MR) is 83.7 cm³/mol. The normalized spacial score (nSPS) is 13.5. The van der Waals surface area contributed by atoms with E-state index in [-0.39, 0.29) is 17.7 Å². The minimum atomic E-state index is -0.0531. The van der Waals surface area contributed by atoms with Crippen molar-refractivity contribution in [3.05, 3.63) is 66.2 Å². The summed E-state index contributed by atoms with van der Waals surface area (Å²) in [6.07, 6.45) is 0.570. The summed E-state index contributed by atoms with van der Waals surface area (Å²) in [5.74, 6) is 0.227. The van der Waals surface area contributed by atoms with Crippen LogP contribution >= 0.6 is 0 Å². The Bertz CT molecular complexity index is 536. The van der Waals surface area contributed by atoms with Crippen molar-refractivity contribution in [2.75, 3.05) is 5.32 Å². The predicted octanol–water partition coefficient (Wildman–Crippen LogP) is 4.46. The number of carbonyl (C=O) groups is 1. The van der Waals surface area contributed by atoms with Gasteiger partial charge in [0.2, 0.25) is 0 Å². The van der Waals surface area contributed by atoms with Crippen LogP contribution in [0.15, 0.2) is 60.7 Å². The van der Waals surface area contributed by atoms with E-state index in [1.54, 1.807) is 0 Å². The summed E-state index contributed by atoms with van der Waals surface area (Å²) < 4.78 is 0. The minimum absolute atomic E-state index is 0.00560. The second-order valence-electron chi connectivity index (χ2n) is 5.01. The molecule has 0 saturated carbocycles. The van der Waals surface area contributed by atoms with E-state index in [2.05, 4.69) is 17.4 Å². The van der Waals surface area contributed by atoms with Gasteiger partial charge < -0.3 is 5.32 Å². The number of para-hydroxylation sites is 1. The van der Waals surface area contributed by atoms with Gasteiger partial charge in [0.25, 0.3) is 0 Å². The fraction of sp³-hybridized carbons (Fsp3) is 0.278. The van der Waals surface area contributed by atoms with Gasteiger partial charge in [-0.1, -0.05) is 62.4 Å². The van der Waals surface area contributed by atoms with Crippen LogP contribution in [0.4, 0.5) is 5.69 Å². The quantitative estimate of drug-likeness (QED) is 0.837. The second-order valence-corrected chi connectivity index (χ2v) is 5.01. The van der Waals surface area contributed by atoms with E-state index in [9.17, 15) is 4.79 Å². The van der Waals surface area contributed by atoms with Crippen LogP contribution in [0.3, 0.4) is 0 Å². The van der Waals surface area contributed by atoms with Crippen LogP contribution < -0.4 is 5.32 Å². The Morgan fingerprint density at radius 3 is 2.10 bits per heavy atom. The molecule has 2 heteroatoms. The zero-order valence-corrected chi connectivity index (χ0v) is 12.0. The van der Waals surface area contributed by atoms with Crippen LogP contribution in [0.25, 0.3) is 0 Å². The Balaban J connectivity index is 2.27. The topological polar surface area (TPSA) is 29.1 Å². The Morgan fingerprint density at radius 2 is 1.55 bits per heavy atom. The fourth-order valence-corrected chi connectivity index (χ4v) is 2.38. The number of rotatable bonds is 6. The highest BCUT2D eigenvalue weighted by Gasteiger charge is 2.24. The summed E-state index contributed by atoms with van der Waals surface area (Å²) in [7, 11) is 0. The van der Waals surface area contributed by atoms with Gasteiger partial charge in [0, 0.05) is 18.0 Å². The molecule has 2 aromatic carbocycles. The summed E-state index contributed by atoms with van der Waals surface area (Å²) in [5, 5.41) is 3.49. The molecule has 0 bridgehead atoms. The number of carbonyl (C=O) groups excluding carboxylic acids is 1. The van der Waals surface area contributed by atoms with Crippen molar-refractivity contribution in [1.82, 2.24) is 0 Å². The molecule has 2 nitrogen and oxygen atoms in total. The second kappa shape index (κ2) is 6.90. The van der Waals surface area contributed by atoms with Crippen LogP contribution in [0.1, 0.15) is 31.9 Å². The molecule has 0 aromatic heterocycles. The third-order valence-corrected chi connectivity index (χ3v) is 3.61. The number of nitrogens with one attached hydrogen (secondary N) is 1. The molecule has 1 N–H and O–H groups in total.